The molecule has 1 saturated heterocycles. The Bertz CT molecular complexity index is 1140. The van der Waals surface area contributed by atoms with Crippen LogP contribution < -0.4 is 10.5 Å². The van der Waals surface area contributed by atoms with Crippen LogP contribution in [0.25, 0.3) is 5.65 Å². The standard InChI is InChI=1S/C24H27N5O/c1-18(2)13-19-6-7-20(16-25)22(14-19)28-11-9-27(10-12-28)17-21-15-24(30)29-8-4-3-5-23(29)26-21/h3-8,14-15,18H,9-13,17H2,1-2H3. The fourth-order valence-electron chi connectivity index (χ4n) is 4.09. The Morgan fingerprint density at radius 1 is 1.10 bits per heavy atom. The lowest BCUT2D eigenvalue weighted by Crippen LogP contribution is -2.46. The molecule has 0 saturated carbocycles. The third-order valence-corrected chi connectivity index (χ3v) is 5.55. The second-order valence-electron chi connectivity index (χ2n) is 8.34. The minimum absolute atomic E-state index is 0.0464. The van der Waals surface area contributed by atoms with E-state index in [1.165, 1.54) is 5.56 Å². The van der Waals surface area contributed by atoms with E-state index in [1.54, 1.807) is 16.7 Å². The maximum Gasteiger partial charge on any atom is 0.258 e. The molecular weight excluding hydrogens is 374 g/mol. The van der Waals surface area contributed by atoms with E-state index in [4.69, 9.17) is 0 Å². The number of rotatable bonds is 5. The van der Waals surface area contributed by atoms with Crippen LogP contribution in [0.1, 0.15) is 30.7 Å². The van der Waals surface area contributed by atoms with E-state index >= 15 is 0 Å². The first-order chi connectivity index (χ1) is 14.5. The fraction of sp³-hybridized carbons (Fsp3) is 0.375. The molecule has 1 fully saturated rings. The van der Waals surface area contributed by atoms with Gasteiger partial charge in [0, 0.05) is 45.0 Å². The van der Waals surface area contributed by atoms with Crippen molar-refractivity contribution in [3.63, 3.8) is 0 Å². The van der Waals surface area contributed by atoms with Gasteiger partial charge in [0.25, 0.3) is 5.56 Å². The van der Waals surface area contributed by atoms with Gasteiger partial charge in [0.1, 0.15) is 11.7 Å². The Balaban J connectivity index is 1.46. The molecule has 1 aliphatic rings. The number of aromatic nitrogens is 2. The fourth-order valence-corrected chi connectivity index (χ4v) is 4.09. The first kappa shape index (κ1) is 20.1. The van der Waals surface area contributed by atoms with Crippen LogP contribution in [0.3, 0.4) is 0 Å². The lowest BCUT2D eigenvalue weighted by atomic mass is 10.00. The average Bonchev–Trinajstić information content (AvgIpc) is 2.74. The monoisotopic (exact) mass is 401 g/mol. The van der Waals surface area contributed by atoms with Crippen LogP contribution in [0, 0.1) is 17.2 Å². The second-order valence-corrected chi connectivity index (χ2v) is 8.34. The molecule has 154 valence electrons. The van der Waals surface area contributed by atoms with Gasteiger partial charge >= 0.3 is 0 Å². The number of nitriles is 1. The second kappa shape index (κ2) is 8.68. The van der Waals surface area contributed by atoms with Crippen molar-refractivity contribution in [2.75, 3.05) is 31.1 Å². The number of benzene rings is 1. The lowest BCUT2D eigenvalue weighted by Gasteiger charge is -2.36. The third kappa shape index (κ3) is 4.37. The van der Waals surface area contributed by atoms with E-state index in [9.17, 15) is 10.1 Å². The molecule has 4 rings (SSSR count). The van der Waals surface area contributed by atoms with E-state index in [-0.39, 0.29) is 5.56 Å². The SMILES string of the molecule is CC(C)Cc1ccc(C#N)c(N2CCN(Cc3cc(=O)n4ccccc4n3)CC2)c1. The first-order valence-electron chi connectivity index (χ1n) is 10.5. The highest BCUT2D eigenvalue weighted by Crippen LogP contribution is 2.25. The summed E-state index contributed by atoms with van der Waals surface area (Å²) in [5, 5.41) is 9.55. The minimum atomic E-state index is -0.0464. The topological polar surface area (TPSA) is 64.6 Å². The number of anilines is 1. The normalized spacial score (nSPS) is 14.9. The highest BCUT2D eigenvalue weighted by atomic mass is 16.1. The van der Waals surface area contributed by atoms with Crippen molar-refractivity contribution in [2.45, 2.75) is 26.8 Å². The molecule has 1 aromatic carbocycles. The molecule has 3 aromatic rings. The van der Waals surface area contributed by atoms with Gasteiger partial charge in [-0.1, -0.05) is 26.0 Å². The summed E-state index contributed by atoms with van der Waals surface area (Å²) >= 11 is 0. The van der Waals surface area contributed by atoms with Crippen molar-refractivity contribution >= 4 is 11.3 Å². The quantitative estimate of drug-likeness (QED) is 0.657. The maximum absolute atomic E-state index is 12.3. The smallest absolute Gasteiger partial charge is 0.258 e. The van der Waals surface area contributed by atoms with Gasteiger partial charge in [-0.15, -0.1) is 0 Å². The number of nitrogens with zero attached hydrogens (tertiary/aromatic N) is 5. The summed E-state index contributed by atoms with van der Waals surface area (Å²) in [6.07, 6.45) is 2.76. The van der Waals surface area contributed by atoms with Gasteiger partial charge in [-0.3, -0.25) is 14.1 Å². The van der Waals surface area contributed by atoms with Crippen molar-refractivity contribution in [2.24, 2.45) is 5.92 Å². The molecule has 0 N–H and O–H groups in total. The zero-order chi connectivity index (χ0) is 21.1. The van der Waals surface area contributed by atoms with Gasteiger partial charge in [0.05, 0.1) is 16.9 Å². The molecule has 6 heteroatoms. The number of hydrogen-bond acceptors (Lipinski definition) is 5. The summed E-state index contributed by atoms with van der Waals surface area (Å²) < 4.78 is 1.56. The molecule has 0 atom stereocenters. The Morgan fingerprint density at radius 3 is 2.63 bits per heavy atom. The first-order valence-corrected chi connectivity index (χ1v) is 10.5. The number of piperazine rings is 1. The Kier molecular flexibility index (Phi) is 5.82. The van der Waals surface area contributed by atoms with Crippen LogP contribution in [0.5, 0.6) is 0 Å². The summed E-state index contributed by atoms with van der Waals surface area (Å²) in [5.41, 5.74) is 4.49. The molecule has 0 spiro atoms. The van der Waals surface area contributed by atoms with E-state index in [0.29, 0.717) is 18.1 Å². The van der Waals surface area contributed by atoms with Gasteiger partial charge in [0.15, 0.2) is 0 Å². The molecule has 3 heterocycles. The maximum atomic E-state index is 12.3. The lowest BCUT2D eigenvalue weighted by molar-refractivity contribution is 0.247. The van der Waals surface area contributed by atoms with Crippen molar-refractivity contribution in [1.29, 1.82) is 5.26 Å². The van der Waals surface area contributed by atoms with E-state index in [0.717, 1.165) is 49.5 Å². The summed E-state index contributed by atoms with van der Waals surface area (Å²) in [4.78, 5) is 21.6. The summed E-state index contributed by atoms with van der Waals surface area (Å²) in [6.45, 7) is 8.53. The van der Waals surface area contributed by atoms with E-state index in [2.05, 4.69) is 46.8 Å². The molecule has 0 unspecified atom stereocenters. The molecule has 0 aliphatic carbocycles. The Labute approximate surface area is 177 Å². The van der Waals surface area contributed by atoms with Gasteiger partial charge in [-0.2, -0.15) is 5.26 Å². The van der Waals surface area contributed by atoms with Crippen LogP contribution in [-0.2, 0) is 13.0 Å². The van der Waals surface area contributed by atoms with Gasteiger partial charge in [0.2, 0.25) is 0 Å². The van der Waals surface area contributed by atoms with E-state index in [1.807, 2.05) is 24.3 Å². The third-order valence-electron chi connectivity index (χ3n) is 5.55. The zero-order valence-electron chi connectivity index (χ0n) is 17.6. The highest BCUT2D eigenvalue weighted by molar-refractivity contribution is 5.61. The van der Waals surface area contributed by atoms with Crippen LogP contribution in [0.4, 0.5) is 5.69 Å². The minimum Gasteiger partial charge on any atom is -0.368 e. The van der Waals surface area contributed by atoms with Crippen molar-refractivity contribution in [3.05, 3.63) is 75.8 Å². The number of pyridine rings is 1. The van der Waals surface area contributed by atoms with E-state index < -0.39 is 0 Å². The predicted molar refractivity (Wildman–Crippen MR) is 119 cm³/mol. The van der Waals surface area contributed by atoms with Crippen molar-refractivity contribution in [1.82, 2.24) is 14.3 Å². The summed E-state index contributed by atoms with van der Waals surface area (Å²) in [6, 6.07) is 15.8. The molecule has 0 radical (unpaired) electrons. The van der Waals surface area contributed by atoms with Gasteiger partial charge < -0.3 is 4.90 Å². The molecule has 2 aromatic heterocycles. The number of fused-ring (bicyclic) bond motifs is 1. The van der Waals surface area contributed by atoms with Crippen molar-refractivity contribution < 1.29 is 0 Å². The van der Waals surface area contributed by atoms with Crippen molar-refractivity contribution in [3.8, 4) is 6.07 Å². The number of hydrogen-bond donors (Lipinski definition) is 0. The van der Waals surface area contributed by atoms with Crippen LogP contribution in [0.15, 0.2) is 53.5 Å². The molecule has 6 nitrogen and oxygen atoms in total. The molecule has 30 heavy (non-hydrogen) atoms. The highest BCUT2D eigenvalue weighted by Gasteiger charge is 2.20. The summed E-state index contributed by atoms with van der Waals surface area (Å²) in [5.74, 6) is 0.584. The largest absolute Gasteiger partial charge is 0.368 e. The van der Waals surface area contributed by atoms with Crippen LogP contribution in [0.2, 0.25) is 0 Å². The Morgan fingerprint density at radius 2 is 1.90 bits per heavy atom. The van der Waals surface area contributed by atoms with Crippen LogP contribution in [-0.4, -0.2) is 40.5 Å². The van der Waals surface area contributed by atoms with Crippen LogP contribution >= 0.6 is 0 Å². The Hall–Kier alpha value is -3.17. The molecular formula is C24H27N5O. The van der Waals surface area contributed by atoms with Gasteiger partial charge in [-0.05, 0) is 42.2 Å². The van der Waals surface area contributed by atoms with Gasteiger partial charge in [-0.25, -0.2) is 4.98 Å². The average molecular weight is 402 g/mol. The molecule has 0 amide bonds. The zero-order valence-corrected chi connectivity index (χ0v) is 17.6. The molecule has 0 bridgehead atoms. The predicted octanol–water partition coefficient (Wildman–Crippen LogP) is 3.09. The summed E-state index contributed by atoms with van der Waals surface area (Å²) in [7, 11) is 0. The molecule has 1 aliphatic heterocycles.